The Morgan fingerprint density at radius 3 is 2.21 bits per heavy atom. The van der Waals surface area contributed by atoms with Gasteiger partial charge in [-0.2, -0.15) is 0 Å². The van der Waals surface area contributed by atoms with Crippen LogP contribution in [0.25, 0.3) is 16.1 Å². The van der Waals surface area contributed by atoms with Crippen molar-refractivity contribution in [1.82, 2.24) is 4.98 Å². The first-order valence-corrected chi connectivity index (χ1v) is 14.1. The van der Waals surface area contributed by atoms with E-state index in [0.717, 1.165) is 30.9 Å². The van der Waals surface area contributed by atoms with E-state index in [1.165, 1.54) is 60.3 Å². The van der Waals surface area contributed by atoms with Gasteiger partial charge in [0, 0.05) is 27.1 Å². The van der Waals surface area contributed by atoms with Crippen LogP contribution in [0.2, 0.25) is 0 Å². The van der Waals surface area contributed by atoms with E-state index in [9.17, 15) is 17.6 Å². The average molecular weight is 546 g/mol. The van der Waals surface area contributed by atoms with Gasteiger partial charge in [-0.05, 0) is 61.6 Å². The van der Waals surface area contributed by atoms with Gasteiger partial charge in [0.05, 0.1) is 17.1 Å². The van der Waals surface area contributed by atoms with Gasteiger partial charge in [0.25, 0.3) is 0 Å². The minimum atomic E-state index is -1.97. The molecule has 0 aliphatic rings. The maximum absolute atomic E-state index is 14.1. The Labute approximate surface area is 226 Å². The third-order valence-electron chi connectivity index (χ3n) is 6.45. The van der Waals surface area contributed by atoms with Gasteiger partial charge >= 0.3 is 0 Å². The molecule has 0 unspecified atom stereocenters. The molecule has 0 atom stereocenters. The molecule has 2 heterocycles. The number of aryl methyl sites for hydroxylation is 2. The van der Waals surface area contributed by atoms with Gasteiger partial charge < -0.3 is 11.1 Å². The SMILES string of the molecule is CCCCCCc1cc(CCCCCC)c(-c2ccc(/C(N)=C/C(=N)c3cc(F)c(F)c(F)c3F)nc2)s1. The van der Waals surface area contributed by atoms with Crippen LogP contribution in [0.4, 0.5) is 17.6 Å². The highest BCUT2D eigenvalue weighted by atomic mass is 32.1. The molecule has 0 aliphatic carbocycles. The predicted octanol–water partition coefficient (Wildman–Crippen LogP) is 8.98. The number of hydrogen-bond donors (Lipinski definition) is 2. The monoisotopic (exact) mass is 545 g/mol. The molecular formula is C30H35F4N3S. The number of hydrogen-bond acceptors (Lipinski definition) is 4. The van der Waals surface area contributed by atoms with Crippen LogP contribution >= 0.6 is 11.3 Å². The molecule has 3 N–H and O–H groups in total. The van der Waals surface area contributed by atoms with Crippen LogP contribution in [0, 0.1) is 28.7 Å². The van der Waals surface area contributed by atoms with Crippen molar-refractivity contribution in [3.63, 3.8) is 0 Å². The lowest BCUT2D eigenvalue weighted by atomic mass is 10.0. The van der Waals surface area contributed by atoms with Crippen LogP contribution in [0.5, 0.6) is 0 Å². The van der Waals surface area contributed by atoms with E-state index in [1.54, 1.807) is 23.6 Å². The summed E-state index contributed by atoms with van der Waals surface area (Å²) in [6.07, 6.45) is 14.5. The van der Waals surface area contributed by atoms with Gasteiger partial charge in [0.2, 0.25) is 0 Å². The zero-order chi connectivity index (χ0) is 27.7. The van der Waals surface area contributed by atoms with Gasteiger partial charge in [0.1, 0.15) is 0 Å². The maximum atomic E-state index is 14.1. The Morgan fingerprint density at radius 2 is 1.58 bits per heavy atom. The van der Waals surface area contributed by atoms with Crippen molar-refractivity contribution in [2.75, 3.05) is 0 Å². The number of nitrogens with two attached hydrogens (primary N) is 1. The van der Waals surface area contributed by atoms with Crippen molar-refractivity contribution in [3.8, 4) is 10.4 Å². The molecule has 8 heteroatoms. The quantitative estimate of drug-likeness (QED) is 0.0698. The molecule has 204 valence electrons. The average Bonchev–Trinajstić information content (AvgIpc) is 3.32. The number of pyridine rings is 1. The number of unbranched alkanes of at least 4 members (excludes halogenated alkanes) is 6. The van der Waals surface area contributed by atoms with Crippen molar-refractivity contribution < 1.29 is 17.6 Å². The second kappa shape index (κ2) is 14.2. The maximum Gasteiger partial charge on any atom is 0.198 e. The molecule has 0 radical (unpaired) electrons. The first-order chi connectivity index (χ1) is 18.3. The topological polar surface area (TPSA) is 62.8 Å². The zero-order valence-corrected chi connectivity index (χ0v) is 22.8. The fourth-order valence-corrected chi connectivity index (χ4v) is 5.52. The predicted molar refractivity (Wildman–Crippen MR) is 149 cm³/mol. The molecule has 3 rings (SSSR count). The minimum absolute atomic E-state index is 0.0219. The molecule has 1 aromatic carbocycles. The molecular weight excluding hydrogens is 510 g/mol. The highest BCUT2D eigenvalue weighted by Gasteiger charge is 2.21. The summed E-state index contributed by atoms with van der Waals surface area (Å²) < 4.78 is 54.5. The van der Waals surface area contributed by atoms with E-state index >= 15 is 0 Å². The van der Waals surface area contributed by atoms with E-state index in [2.05, 4.69) is 24.9 Å². The number of aromatic nitrogens is 1. The van der Waals surface area contributed by atoms with Crippen LogP contribution in [0.15, 0.2) is 36.5 Å². The zero-order valence-electron chi connectivity index (χ0n) is 22.0. The van der Waals surface area contributed by atoms with Crippen LogP contribution in [0.1, 0.15) is 86.9 Å². The largest absolute Gasteiger partial charge is 0.397 e. The van der Waals surface area contributed by atoms with Gasteiger partial charge in [-0.15, -0.1) is 11.3 Å². The third kappa shape index (κ3) is 7.53. The number of allylic oxidation sites excluding steroid dienone is 1. The van der Waals surface area contributed by atoms with Crippen molar-refractivity contribution >= 4 is 22.7 Å². The second-order valence-corrected chi connectivity index (χ2v) is 10.6. The van der Waals surface area contributed by atoms with E-state index in [4.69, 9.17) is 11.1 Å². The fourth-order valence-electron chi connectivity index (χ4n) is 4.28. The Kier molecular flexibility index (Phi) is 11.1. The lowest BCUT2D eigenvalue weighted by molar-refractivity contribution is 0.408. The number of thiophene rings is 1. The van der Waals surface area contributed by atoms with Gasteiger partial charge in [-0.1, -0.05) is 52.4 Å². The molecule has 0 bridgehead atoms. The Morgan fingerprint density at radius 1 is 0.895 bits per heavy atom. The second-order valence-electron chi connectivity index (χ2n) is 9.48. The lowest BCUT2D eigenvalue weighted by Gasteiger charge is -2.08. The standard InChI is InChI=1S/C30H35F4N3S/c1-3-5-7-9-11-19-15-21(12-10-8-6-4-2)38-30(19)20-13-14-26(37-18-20)25(36)17-24(35)22-16-23(31)28(33)29(34)27(22)32/h13-18,35H,3-12,36H2,1-2H3/b25-17-,35-24?. The molecule has 0 saturated heterocycles. The summed E-state index contributed by atoms with van der Waals surface area (Å²) in [6, 6.07) is 6.39. The van der Waals surface area contributed by atoms with E-state index in [0.29, 0.717) is 11.8 Å². The Bertz CT molecular complexity index is 1270. The molecule has 0 amide bonds. The first kappa shape index (κ1) is 29.6. The Hall–Kier alpha value is -3.00. The van der Waals surface area contributed by atoms with Crippen LogP contribution in [-0.2, 0) is 12.8 Å². The van der Waals surface area contributed by atoms with E-state index in [-0.39, 0.29) is 5.70 Å². The number of nitrogens with zero attached hydrogens (tertiary/aromatic N) is 1. The molecule has 0 saturated carbocycles. The summed E-state index contributed by atoms with van der Waals surface area (Å²) in [4.78, 5) is 7.00. The number of benzene rings is 1. The van der Waals surface area contributed by atoms with Gasteiger partial charge in [0.15, 0.2) is 23.3 Å². The number of nitrogens with one attached hydrogen (secondary N) is 1. The van der Waals surface area contributed by atoms with Crippen molar-refractivity contribution in [1.29, 1.82) is 5.41 Å². The summed E-state index contributed by atoms with van der Waals surface area (Å²) in [5.41, 5.74) is 7.40. The van der Waals surface area contributed by atoms with Crippen molar-refractivity contribution in [2.24, 2.45) is 5.73 Å². The van der Waals surface area contributed by atoms with Crippen LogP contribution in [-0.4, -0.2) is 10.7 Å². The van der Waals surface area contributed by atoms with Crippen LogP contribution < -0.4 is 5.73 Å². The summed E-state index contributed by atoms with van der Waals surface area (Å²) >= 11 is 1.80. The number of halogens is 4. The van der Waals surface area contributed by atoms with E-state index in [1.807, 2.05) is 6.07 Å². The molecule has 3 aromatic rings. The molecule has 0 fully saturated rings. The first-order valence-electron chi connectivity index (χ1n) is 13.2. The molecule has 38 heavy (non-hydrogen) atoms. The lowest BCUT2D eigenvalue weighted by Crippen LogP contribution is -2.09. The minimum Gasteiger partial charge on any atom is -0.397 e. The van der Waals surface area contributed by atoms with Crippen molar-refractivity contribution in [2.45, 2.75) is 78.1 Å². The molecule has 0 spiro atoms. The molecule has 0 aliphatic heterocycles. The highest BCUT2D eigenvalue weighted by molar-refractivity contribution is 7.15. The summed E-state index contributed by atoms with van der Waals surface area (Å²) in [5, 5.41) is 8.02. The van der Waals surface area contributed by atoms with E-state index < -0.39 is 34.5 Å². The van der Waals surface area contributed by atoms with Crippen LogP contribution in [0.3, 0.4) is 0 Å². The number of rotatable bonds is 14. The van der Waals surface area contributed by atoms with Gasteiger partial charge in [-0.25, -0.2) is 17.6 Å². The highest BCUT2D eigenvalue weighted by Crippen LogP contribution is 2.35. The smallest absolute Gasteiger partial charge is 0.198 e. The molecule has 3 nitrogen and oxygen atoms in total. The molecule has 2 aromatic heterocycles. The van der Waals surface area contributed by atoms with Crippen molar-refractivity contribution in [3.05, 3.63) is 81.5 Å². The summed E-state index contributed by atoms with van der Waals surface area (Å²) in [6.45, 7) is 4.41. The summed E-state index contributed by atoms with van der Waals surface area (Å²) in [5.74, 6) is -7.11. The fraction of sp³-hybridized carbons (Fsp3) is 0.400. The third-order valence-corrected chi connectivity index (χ3v) is 7.74. The van der Waals surface area contributed by atoms with Gasteiger partial charge in [-0.3, -0.25) is 4.98 Å². The normalized spacial score (nSPS) is 11.8. The Balaban J connectivity index is 1.81. The summed E-state index contributed by atoms with van der Waals surface area (Å²) in [7, 11) is 0.